The third kappa shape index (κ3) is 4.03. The molecule has 3 heterocycles. The Balaban J connectivity index is 1.41. The van der Waals surface area contributed by atoms with Crippen LogP contribution >= 0.6 is 0 Å². The fourth-order valence-electron chi connectivity index (χ4n) is 4.32. The zero-order valence-electron chi connectivity index (χ0n) is 18.3. The van der Waals surface area contributed by atoms with Gasteiger partial charge in [-0.1, -0.05) is 30.8 Å². The molecule has 1 aliphatic heterocycles. The fraction of sp³-hybridized carbons (Fsp3) is 0.192. The first-order chi connectivity index (χ1) is 16.5. The van der Waals surface area contributed by atoms with Crippen LogP contribution < -0.4 is 4.74 Å². The van der Waals surface area contributed by atoms with Crippen LogP contribution in [0.15, 0.2) is 73.7 Å². The number of halogens is 2. The Hall–Kier alpha value is -4.07. The minimum absolute atomic E-state index is 0.0970. The van der Waals surface area contributed by atoms with Gasteiger partial charge < -0.3 is 9.64 Å². The Morgan fingerprint density at radius 1 is 1.18 bits per heavy atom. The standard InChI is InChI=1S/C26H22F2N4O2/c1-2-24(33)31-12-3-4-22(31)26-30-25(23-15-29-11-13-32(23)26)18-7-5-17(6-8-18)16-34-19-9-10-20(27)21(28)14-19/h2,5-11,13-15,22H,1,3-4,12,16H2/t22-/m0/s1. The van der Waals surface area contributed by atoms with E-state index in [1.54, 1.807) is 12.4 Å². The van der Waals surface area contributed by atoms with Crippen LogP contribution in [-0.4, -0.2) is 31.7 Å². The summed E-state index contributed by atoms with van der Waals surface area (Å²) >= 11 is 0. The zero-order valence-corrected chi connectivity index (χ0v) is 18.3. The minimum atomic E-state index is -0.945. The first kappa shape index (κ1) is 21.8. The second-order valence-corrected chi connectivity index (χ2v) is 8.11. The second kappa shape index (κ2) is 9.05. The average molecular weight is 460 g/mol. The molecule has 5 rings (SSSR count). The molecule has 0 unspecified atom stereocenters. The molecular weight excluding hydrogens is 438 g/mol. The molecule has 1 amide bonds. The van der Waals surface area contributed by atoms with E-state index in [0.29, 0.717) is 6.54 Å². The van der Waals surface area contributed by atoms with Crippen molar-refractivity contribution < 1.29 is 18.3 Å². The third-order valence-electron chi connectivity index (χ3n) is 6.01. The lowest BCUT2D eigenvalue weighted by atomic mass is 10.1. The number of hydrogen-bond donors (Lipinski definition) is 0. The summed E-state index contributed by atoms with van der Waals surface area (Å²) in [6.07, 6.45) is 8.42. The highest BCUT2D eigenvalue weighted by Gasteiger charge is 2.32. The molecular formula is C26H22F2N4O2. The summed E-state index contributed by atoms with van der Waals surface area (Å²) in [5, 5.41) is 0. The molecule has 2 aromatic carbocycles. The first-order valence-electron chi connectivity index (χ1n) is 11.0. The summed E-state index contributed by atoms with van der Waals surface area (Å²) in [7, 11) is 0. The molecule has 4 aromatic rings. The molecule has 0 spiro atoms. The van der Waals surface area contributed by atoms with E-state index in [1.165, 1.54) is 12.1 Å². The van der Waals surface area contributed by atoms with Crippen LogP contribution in [0.2, 0.25) is 0 Å². The number of rotatable bonds is 6. The number of nitrogens with zero attached hydrogens (tertiary/aromatic N) is 4. The van der Waals surface area contributed by atoms with Crippen LogP contribution in [0.3, 0.4) is 0 Å². The molecule has 0 bridgehead atoms. The highest BCUT2D eigenvalue weighted by Crippen LogP contribution is 2.35. The largest absolute Gasteiger partial charge is 0.489 e. The molecule has 1 fully saturated rings. The van der Waals surface area contributed by atoms with Crippen LogP contribution in [0.4, 0.5) is 8.78 Å². The van der Waals surface area contributed by atoms with E-state index in [1.807, 2.05) is 39.8 Å². The molecule has 1 saturated heterocycles. The van der Waals surface area contributed by atoms with Gasteiger partial charge in [-0.05, 0) is 36.6 Å². The van der Waals surface area contributed by atoms with E-state index in [4.69, 9.17) is 9.72 Å². The SMILES string of the molecule is C=CC(=O)N1CCC[C@H]1c1nc(-c2ccc(COc3ccc(F)c(F)c3)cc2)c2cnccn12. The summed E-state index contributed by atoms with van der Waals surface area (Å²) in [6, 6.07) is 11.0. The molecule has 172 valence electrons. The van der Waals surface area contributed by atoms with Crippen molar-refractivity contribution in [1.82, 2.24) is 19.3 Å². The van der Waals surface area contributed by atoms with Gasteiger partial charge in [0.1, 0.15) is 18.2 Å². The second-order valence-electron chi connectivity index (χ2n) is 8.11. The van der Waals surface area contributed by atoms with Gasteiger partial charge in [-0.25, -0.2) is 13.8 Å². The molecule has 0 N–H and O–H groups in total. The van der Waals surface area contributed by atoms with E-state index < -0.39 is 11.6 Å². The van der Waals surface area contributed by atoms with Crippen LogP contribution in [0.25, 0.3) is 16.8 Å². The number of fused-ring (bicyclic) bond motifs is 1. The number of carbonyl (C=O) groups excluding carboxylic acids is 1. The zero-order chi connectivity index (χ0) is 23.7. The highest BCUT2D eigenvalue weighted by molar-refractivity contribution is 5.87. The van der Waals surface area contributed by atoms with Gasteiger partial charge in [0.15, 0.2) is 11.6 Å². The van der Waals surface area contributed by atoms with Gasteiger partial charge >= 0.3 is 0 Å². The monoisotopic (exact) mass is 460 g/mol. The maximum atomic E-state index is 13.4. The summed E-state index contributed by atoms with van der Waals surface area (Å²) in [4.78, 5) is 23.4. The lowest BCUT2D eigenvalue weighted by Gasteiger charge is -2.22. The Morgan fingerprint density at radius 3 is 2.76 bits per heavy atom. The van der Waals surface area contributed by atoms with E-state index in [0.717, 1.165) is 53.1 Å². The van der Waals surface area contributed by atoms with Crippen molar-refractivity contribution in [1.29, 1.82) is 0 Å². The predicted octanol–water partition coefficient (Wildman–Crippen LogP) is 5.10. The smallest absolute Gasteiger partial charge is 0.246 e. The number of aromatic nitrogens is 3. The third-order valence-corrected chi connectivity index (χ3v) is 6.01. The summed E-state index contributed by atoms with van der Waals surface area (Å²) < 4.78 is 34.0. The van der Waals surface area contributed by atoms with Crippen LogP contribution in [0.1, 0.15) is 30.3 Å². The van der Waals surface area contributed by atoms with Crippen molar-refractivity contribution in [2.24, 2.45) is 0 Å². The fourth-order valence-corrected chi connectivity index (χ4v) is 4.32. The first-order valence-corrected chi connectivity index (χ1v) is 11.0. The van der Waals surface area contributed by atoms with Crippen molar-refractivity contribution in [2.45, 2.75) is 25.5 Å². The normalized spacial score (nSPS) is 15.6. The molecule has 0 aliphatic carbocycles. The Kier molecular flexibility index (Phi) is 5.79. The molecule has 0 saturated carbocycles. The Bertz CT molecular complexity index is 1370. The van der Waals surface area contributed by atoms with E-state index in [2.05, 4.69) is 11.6 Å². The van der Waals surface area contributed by atoms with Gasteiger partial charge in [0.05, 0.1) is 23.4 Å². The molecule has 34 heavy (non-hydrogen) atoms. The molecule has 0 radical (unpaired) electrons. The maximum Gasteiger partial charge on any atom is 0.246 e. The van der Waals surface area contributed by atoms with E-state index >= 15 is 0 Å². The number of amides is 1. The van der Waals surface area contributed by atoms with Gasteiger partial charge in [-0.2, -0.15) is 0 Å². The minimum Gasteiger partial charge on any atom is -0.489 e. The van der Waals surface area contributed by atoms with Crippen molar-refractivity contribution >= 4 is 11.4 Å². The Morgan fingerprint density at radius 2 is 2.00 bits per heavy atom. The lowest BCUT2D eigenvalue weighted by molar-refractivity contribution is -0.127. The van der Waals surface area contributed by atoms with E-state index in [-0.39, 0.29) is 24.3 Å². The maximum absolute atomic E-state index is 13.4. The van der Waals surface area contributed by atoms with Crippen LogP contribution in [0.5, 0.6) is 5.75 Å². The van der Waals surface area contributed by atoms with Gasteiger partial charge in [0.25, 0.3) is 0 Å². The van der Waals surface area contributed by atoms with Gasteiger partial charge in [-0.15, -0.1) is 0 Å². The lowest BCUT2D eigenvalue weighted by Crippen LogP contribution is -2.29. The predicted molar refractivity (Wildman–Crippen MR) is 123 cm³/mol. The van der Waals surface area contributed by atoms with Crippen LogP contribution in [0, 0.1) is 11.6 Å². The number of carbonyl (C=O) groups is 1. The molecule has 2 aromatic heterocycles. The topological polar surface area (TPSA) is 59.7 Å². The van der Waals surface area contributed by atoms with Crippen molar-refractivity contribution in [3.63, 3.8) is 0 Å². The summed E-state index contributed by atoms with van der Waals surface area (Å²) in [5.74, 6) is -0.896. The summed E-state index contributed by atoms with van der Waals surface area (Å²) in [5.41, 5.74) is 3.39. The molecule has 1 atom stereocenters. The molecule has 6 nitrogen and oxygen atoms in total. The highest BCUT2D eigenvalue weighted by atomic mass is 19.2. The van der Waals surface area contributed by atoms with Gasteiger partial charge in [0.2, 0.25) is 5.91 Å². The summed E-state index contributed by atoms with van der Waals surface area (Å²) in [6.45, 7) is 4.51. The number of imidazole rings is 1. The van der Waals surface area contributed by atoms with Gasteiger partial charge in [0, 0.05) is 30.6 Å². The van der Waals surface area contributed by atoms with Crippen molar-refractivity contribution in [2.75, 3.05) is 6.54 Å². The van der Waals surface area contributed by atoms with E-state index in [9.17, 15) is 13.6 Å². The molecule has 1 aliphatic rings. The van der Waals surface area contributed by atoms with Crippen molar-refractivity contribution in [3.05, 3.63) is 96.7 Å². The van der Waals surface area contributed by atoms with Crippen molar-refractivity contribution in [3.8, 4) is 17.0 Å². The molecule has 8 heteroatoms. The van der Waals surface area contributed by atoms with Gasteiger partial charge in [-0.3, -0.25) is 14.2 Å². The number of likely N-dealkylation sites (tertiary alicyclic amines) is 1. The van der Waals surface area contributed by atoms with Crippen LogP contribution in [-0.2, 0) is 11.4 Å². The average Bonchev–Trinajstić information content (AvgIpc) is 3.50. The quantitative estimate of drug-likeness (QED) is 0.376. The Labute approximate surface area is 195 Å². The number of ether oxygens (including phenoxy) is 1. The number of hydrogen-bond acceptors (Lipinski definition) is 4. The number of benzene rings is 2.